The Balaban J connectivity index is 1.76. The van der Waals surface area contributed by atoms with Crippen molar-refractivity contribution < 1.29 is 9.90 Å². The van der Waals surface area contributed by atoms with Gasteiger partial charge in [-0.3, -0.25) is 0 Å². The number of carbonyl (C=O) groups is 1. The zero-order valence-corrected chi connectivity index (χ0v) is 12.1. The zero-order valence-electron chi connectivity index (χ0n) is 10.4. The van der Waals surface area contributed by atoms with E-state index in [0.29, 0.717) is 12.1 Å². The third-order valence-corrected chi connectivity index (χ3v) is 4.11. The summed E-state index contributed by atoms with van der Waals surface area (Å²) in [4.78, 5) is 10.8. The van der Waals surface area contributed by atoms with Gasteiger partial charge in [0.25, 0.3) is 0 Å². The minimum absolute atomic E-state index is 0.0384. The second-order valence-corrected chi connectivity index (χ2v) is 5.40. The molecule has 0 radical (unpaired) electrons. The van der Waals surface area contributed by atoms with E-state index in [1.54, 1.807) is 12.1 Å². The van der Waals surface area contributed by atoms with Crippen LogP contribution in [0.5, 0.6) is 0 Å². The van der Waals surface area contributed by atoms with E-state index >= 15 is 0 Å². The second kappa shape index (κ2) is 5.44. The Morgan fingerprint density at radius 2 is 1.95 bits per heavy atom. The van der Waals surface area contributed by atoms with Crippen LogP contribution in [-0.2, 0) is 6.54 Å². The van der Waals surface area contributed by atoms with Gasteiger partial charge in [-0.2, -0.15) is 0 Å². The van der Waals surface area contributed by atoms with Crippen LogP contribution in [0.1, 0.15) is 15.9 Å². The Kier molecular flexibility index (Phi) is 3.50. The van der Waals surface area contributed by atoms with Gasteiger partial charge in [0.05, 0.1) is 0 Å². The maximum atomic E-state index is 10.8. The summed E-state index contributed by atoms with van der Waals surface area (Å²) in [5.41, 5.74) is 4.15. The Labute approximate surface area is 121 Å². The molecule has 0 aliphatic heterocycles. The fourth-order valence-corrected chi connectivity index (χ4v) is 3.06. The zero-order chi connectivity index (χ0) is 13.9. The molecular formula is C14H11N3O2Se. The number of anilines is 1. The van der Waals surface area contributed by atoms with Gasteiger partial charge >= 0.3 is 121 Å². The molecule has 0 amide bonds. The first-order chi connectivity index (χ1) is 9.74. The summed E-state index contributed by atoms with van der Waals surface area (Å²) in [6.45, 7) is 0.624. The Morgan fingerprint density at radius 1 is 1.15 bits per heavy atom. The number of rotatable bonds is 4. The van der Waals surface area contributed by atoms with Gasteiger partial charge in [0.15, 0.2) is 0 Å². The van der Waals surface area contributed by atoms with Crippen molar-refractivity contribution in [2.45, 2.75) is 6.54 Å². The van der Waals surface area contributed by atoms with Crippen LogP contribution in [0.25, 0.3) is 11.0 Å². The Bertz CT molecular complexity index is 752. The molecule has 20 heavy (non-hydrogen) atoms. The van der Waals surface area contributed by atoms with Gasteiger partial charge in [-0.15, -0.1) is 0 Å². The van der Waals surface area contributed by atoms with E-state index in [2.05, 4.69) is 13.3 Å². The number of benzene rings is 2. The van der Waals surface area contributed by atoms with E-state index in [4.69, 9.17) is 5.11 Å². The molecule has 100 valence electrons. The van der Waals surface area contributed by atoms with Crippen LogP contribution in [0.15, 0.2) is 42.5 Å². The van der Waals surface area contributed by atoms with Crippen molar-refractivity contribution in [3.8, 4) is 0 Å². The number of hydrogen-bond donors (Lipinski definition) is 2. The fraction of sp³-hybridized carbons (Fsp3) is 0.0714. The van der Waals surface area contributed by atoms with Crippen LogP contribution in [-0.4, -0.2) is 34.0 Å². The summed E-state index contributed by atoms with van der Waals surface area (Å²) in [6.07, 6.45) is 0. The molecule has 2 aromatic carbocycles. The summed E-state index contributed by atoms with van der Waals surface area (Å²) >= 11 is -0.0384. The van der Waals surface area contributed by atoms with Crippen LogP contribution in [0.3, 0.4) is 0 Å². The third kappa shape index (κ3) is 2.57. The summed E-state index contributed by atoms with van der Waals surface area (Å²) in [6, 6.07) is 12.7. The van der Waals surface area contributed by atoms with Crippen molar-refractivity contribution in [3.05, 3.63) is 53.6 Å². The van der Waals surface area contributed by atoms with E-state index in [1.807, 2.05) is 30.3 Å². The standard InChI is InChI=1S/C14H11N3O2Se/c18-14(19)10-6-4-9(5-7-10)8-15-11-2-1-3-12-13(11)17-20-16-12/h1-7,15H,8H2,(H,18,19). The number of aromatic nitrogens is 2. The molecule has 1 heterocycles. The predicted molar refractivity (Wildman–Crippen MR) is 77.2 cm³/mol. The SMILES string of the molecule is O=C(O)c1ccc(CNc2cccc3n[se]nc23)cc1. The second-order valence-electron chi connectivity index (χ2n) is 4.29. The number of fused-ring (bicyclic) bond motifs is 1. The molecule has 2 N–H and O–H groups in total. The van der Waals surface area contributed by atoms with Crippen LogP contribution in [0.4, 0.5) is 5.69 Å². The van der Waals surface area contributed by atoms with E-state index in [9.17, 15) is 4.79 Å². The molecule has 0 saturated heterocycles. The quantitative estimate of drug-likeness (QED) is 0.715. The van der Waals surface area contributed by atoms with E-state index in [1.165, 1.54) is 0 Å². The molecule has 3 aromatic rings. The monoisotopic (exact) mass is 333 g/mol. The fourth-order valence-electron chi connectivity index (χ4n) is 1.91. The molecular weight excluding hydrogens is 321 g/mol. The van der Waals surface area contributed by atoms with Gasteiger partial charge in [-0.1, -0.05) is 0 Å². The molecule has 0 aliphatic carbocycles. The normalized spacial score (nSPS) is 10.6. The average molecular weight is 332 g/mol. The van der Waals surface area contributed by atoms with Crippen molar-refractivity contribution in [2.24, 2.45) is 0 Å². The summed E-state index contributed by atoms with van der Waals surface area (Å²) in [5.74, 6) is -0.909. The molecule has 0 unspecified atom stereocenters. The third-order valence-electron chi connectivity index (χ3n) is 2.97. The predicted octanol–water partition coefficient (Wildman–Crippen LogP) is 2.00. The number of hydrogen-bond acceptors (Lipinski definition) is 4. The van der Waals surface area contributed by atoms with Crippen molar-refractivity contribution in [1.29, 1.82) is 0 Å². The number of carboxylic acids is 1. The van der Waals surface area contributed by atoms with Gasteiger partial charge in [0, 0.05) is 0 Å². The number of aromatic carboxylic acids is 1. The van der Waals surface area contributed by atoms with E-state index in [-0.39, 0.29) is 15.0 Å². The first-order valence-electron chi connectivity index (χ1n) is 6.01. The molecule has 0 saturated carbocycles. The molecule has 0 bridgehead atoms. The molecule has 3 rings (SSSR count). The molecule has 0 atom stereocenters. The summed E-state index contributed by atoms with van der Waals surface area (Å²) in [5, 5.41) is 12.2. The Morgan fingerprint density at radius 3 is 2.70 bits per heavy atom. The van der Waals surface area contributed by atoms with Crippen LogP contribution in [0.2, 0.25) is 0 Å². The molecule has 0 fully saturated rings. The van der Waals surface area contributed by atoms with Gasteiger partial charge in [-0.25, -0.2) is 0 Å². The molecule has 1 aromatic heterocycles. The topological polar surface area (TPSA) is 75.1 Å². The number of nitrogens with zero attached hydrogens (tertiary/aromatic N) is 2. The van der Waals surface area contributed by atoms with Crippen molar-refractivity contribution in [3.63, 3.8) is 0 Å². The van der Waals surface area contributed by atoms with Crippen molar-refractivity contribution in [2.75, 3.05) is 5.32 Å². The molecule has 5 nitrogen and oxygen atoms in total. The number of nitrogens with one attached hydrogen (secondary N) is 1. The van der Waals surface area contributed by atoms with Gasteiger partial charge < -0.3 is 0 Å². The molecule has 6 heteroatoms. The van der Waals surface area contributed by atoms with Gasteiger partial charge in [0.2, 0.25) is 0 Å². The van der Waals surface area contributed by atoms with Gasteiger partial charge in [-0.05, 0) is 0 Å². The Hall–Kier alpha value is -2.17. The maximum absolute atomic E-state index is 10.8. The first kappa shape index (κ1) is 12.8. The van der Waals surface area contributed by atoms with Gasteiger partial charge in [0.1, 0.15) is 0 Å². The van der Waals surface area contributed by atoms with Crippen LogP contribution < -0.4 is 5.32 Å². The molecule has 0 spiro atoms. The van der Waals surface area contributed by atoms with Crippen LogP contribution in [0, 0.1) is 0 Å². The summed E-state index contributed by atoms with van der Waals surface area (Å²) in [7, 11) is 0. The van der Waals surface area contributed by atoms with Crippen molar-refractivity contribution >= 4 is 37.7 Å². The molecule has 0 aliphatic rings. The number of carboxylic acid groups (broad SMARTS) is 1. The van der Waals surface area contributed by atoms with Crippen molar-refractivity contribution in [1.82, 2.24) is 7.96 Å². The first-order valence-corrected chi connectivity index (χ1v) is 7.54. The summed E-state index contributed by atoms with van der Waals surface area (Å²) < 4.78 is 8.74. The average Bonchev–Trinajstić information content (AvgIpc) is 2.94. The van der Waals surface area contributed by atoms with E-state index < -0.39 is 5.97 Å². The van der Waals surface area contributed by atoms with Crippen LogP contribution >= 0.6 is 0 Å². The van der Waals surface area contributed by atoms with E-state index in [0.717, 1.165) is 22.3 Å². The minimum atomic E-state index is -0.909.